The third kappa shape index (κ3) is 8.66. The lowest BCUT2D eigenvalue weighted by molar-refractivity contribution is -0.149. The minimum absolute atomic E-state index is 0.0432. The van der Waals surface area contributed by atoms with Gasteiger partial charge in [-0.1, -0.05) is 30.3 Å². The zero-order valence-electron chi connectivity index (χ0n) is 18.5. The number of aryl methyl sites for hydroxylation is 1. The van der Waals surface area contributed by atoms with E-state index >= 15 is 0 Å². The minimum Gasteiger partial charge on any atom is -0.461 e. The number of ether oxygens (including phenoxy) is 3. The minimum atomic E-state index is -1.19. The van der Waals surface area contributed by atoms with Gasteiger partial charge < -0.3 is 28.4 Å². The summed E-state index contributed by atoms with van der Waals surface area (Å²) in [5, 5.41) is 2.40. The van der Waals surface area contributed by atoms with E-state index in [1.165, 1.54) is 6.92 Å². The van der Waals surface area contributed by atoms with Crippen molar-refractivity contribution in [2.45, 2.75) is 65.4 Å². The number of amides is 1. The van der Waals surface area contributed by atoms with Crippen molar-refractivity contribution in [3.8, 4) is 0 Å². The highest BCUT2D eigenvalue weighted by molar-refractivity contribution is 5.82. The lowest BCUT2D eigenvalue weighted by Gasteiger charge is -2.22. The molecule has 1 heterocycles. The number of hydrogen-bond acceptors (Lipinski definition) is 9. The highest BCUT2D eigenvalue weighted by Gasteiger charge is 2.27. The van der Waals surface area contributed by atoms with Crippen LogP contribution in [0.1, 0.15) is 50.7 Å². The Balaban J connectivity index is 1.95. The zero-order chi connectivity index (χ0) is 23.7. The first-order valence-corrected chi connectivity index (χ1v) is 9.98. The molecule has 2 rings (SSSR count). The predicted octanol–water partition coefficient (Wildman–Crippen LogP) is 3.00. The maximum Gasteiger partial charge on any atom is 0.519 e. The fraction of sp³-hybridized carbons (Fsp3) is 0.455. The van der Waals surface area contributed by atoms with Gasteiger partial charge in [-0.15, -0.1) is 0 Å². The van der Waals surface area contributed by atoms with E-state index in [2.05, 4.69) is 5.32 Å². The highest BCUT2D eigenvalue weighted by atomic mass is 16.6. The number of esters is 2. The van der Waals surface area contributed by atoms with E-state index in [0.29, 0.717) is 0 Å². The van der Waals surface area contributed by atoms with E-state index in [-0.39, 0.29) is 37.6 Å². The van der Waals surface area contributed by atoms with Crippen molar-refractivity contribution in [2.24, 2.45) is 0 Å². The van der Waals surface area contributed by atoms with Crippen LogP contribution >= 0.6 is 0 Å². The average molecular weight is 449 g/mol. The largest absolute Gasteiger partial charge is 0.519 e. The Hall–Kier alpha value is -3.56. The van der Waals surface area contributed by atoms with Gasteiger partial charge in [0.25, 0.3) is 0 Å². The summed E-state index contributed by atoms with van der Waals surface area (Å²) in [5.41, 5.74) is 0.0328. The molecule has 0 saturated heterocycles. The molecule has 0 spiro atoms. The molecule has 32 heavy (non-hydrogen) atoms. The Morgan fingerprint density at radius 1 is 1.03 bits per heavy atom. The number of rotatable bonds is 9. The fourth-order valence-corrected chi connectivity index (χ4v) is 2.51. The maximum absolute atomic E-state index is 12.5. The molecule has 0 unspecified atom stereocenters. The predicted molar refractivity (Wildman–Crippen MR) is 110 cm³/mol. The van der Waals surface area contributed by atoms with Crippen molar-refractivity contribution in [3.63, 3.8) is 0 Å². The van der Waals surface area contributed by atoms with Gasteiger partial charge in [-0.2, -0.15) is 0 Å². The second-order valence-electron chi connectivity index (χ2n) is 7.92. The first-order valence-electron chi connectivity index (χ1n) is 9.98. The van der Waals surface area contributed by atoms with Crippen LogP contribution in [0.3, 0.4) is 0 Å². The fourth-order valence-electron chi connectivity index (χ4n) is 2.51. The van der Waals surface area contributed by atoms with E-state index in [1.54, 1.807) is 20.8 Å². The van der Waals surface area contributed by atoms with E-state index in [9.17, 15) is 19.2 Å². The molecule has 10 heteroatoms. The van der Waals surface area contributed by atoms with Crippen LogP contribution in [-0.2, 0) is 37.0 Å². The Morgan fingerprint density at radius 3 is 2.31 bits per heavy atom. The molecular weight excluding hydrogens is 422 g/mol. The molecule has 1 atom stereocenters. The topological polar surface area (TPSA) is 134 Å². The molecule has 0 saturated carbocycles. The van der Waals surface area contributed by atoms with Crippen LogP contribution in [0.25, 0.3) is 0 Å². The van der Waals surface area contributed by atoms with Crippen LogP contribution in [0, 0.1) is 6.92 Å². The Kier molecular flexibility index (Phi) is 8.62. The van der Waals surface area contributed by atoms with E-state index in [0.717, 1.165) is 5.56 Å². The molecule has 174 valence electrons. The van der Waals surface area contributed by atoms with Gasteiger partial charge in [0, 0.05) is 6.42 Å². The normalized spacial score (nSPS) is 12.0. The summed E-state index contributed by atoms with van der Waals surface area (Å²) < 4.78 is 25.0. The summed E-state index contributed by atoms with van der Waals surface area (Å²) in [5.74, 6) is -2.09. The molecule has 10 nitrogen and oxygen atoms in total. The van der Waals surface area contributed by atoms with Gasteiger partial charge in [-0.05, 0) is 39.7 Å². The zero-order valence-corrected chi connectivity index (χ0v) is 18.5. The molecule has 2 aromatic rings. The number of nitrogens with one attached hydrogen (secondary N) is 1. The van der Waals surface area contributed by atoms with Gasteiger partial charge in [-0.3, -0.25) is 4.79 Å². The van der Waals surface area contributed by atoms with Crippen molar-refractivity contribution >= 4 is 18.0 Å². The quantitative estimate of drug-likeness (QED) is 0.453. The Bertz CT molecular complexity index is 969. The maximum atomic E-state index is 12.5. The monoisotopic (exact) mass is 449 g/mol. The Morgan fingerprint density at radius 2 is 1.72 bits per heavy atom. The first-order chi connectivity index (χ1) is 15.0. The smallest absolute Gasteiger partial charge is 0.461 e. The molecule has 1 aromatic heterocycles. The third-order valence-corrected chi connectivity index (χ3v) is 4.04. The number of carbonyl (C=O) groups is 3. The van der Waals surface area contributed by atoms with Crippen LogP contribution in [0.2, 0.25) is 0 Å². The molecule has 0 aliphatic rings. The van der Waals surface area contributed by atoms with E-state index < -0.39 is 35.5 Å². The van der Waals surface area contributed by atoms with Crippen LogP contribution in [-0.4, -0.2) is 29.7 Å². The SMILES string of the molecule is Cc1oc(=O)oc1COC(=O)[C@H](CCC(=O)OCc1ccccc1)NC(=O)OC(C)(C)C. The molecule has 1 N–H and O–H groups in total. The number of hydrogen-bond donors (Lipinski definition) is 1. The van der Waals surface area contributed by atoms with Crippen LogP contribution in [0.4, 0.5) is 4.79 Å². The summed E-state index contributed by atoms with van der Waals surface area (Å²) in [6.45, 7) is 6.21. The van der Waals surface area contributed by atoms with Gasteiger partial charge in [-0.25, -0.2) is 14.4 Å². The molecule has 0 aliphatic carbocycles. The van der Waals surface area contributed by atoms with E-state index in [1.807, 2.05) is 30.3 Å². The second kappa shape index (κ2) is 11.2. The summed E-state index contributed by atoms with van der Waals surface area (Å²) >= 11 is 0. The van der Waals surface area contributed by atoms with Gasteiger partial charge in [0.1, 0.15) is 18.2 Å². The summed E-state index contributed by atoms with van der Waals surface area (Å²) in [4.78, 5) is 47.9. The van der Waals surface area contributed by atoms with Gasteiger partial charge in [0.05, 0.1) is 0 Å². The lowest BCUT2D eigenvalue weighted by atomic mass is 10.1. The molecule has 0 fully saturated rings. The van der Waals surface area contributed by atoms with Crippen molar-refractivity contribution in [3.05, 3.63) is 58.0 Å². The molecule has 1 aromatic carbocycles. The molecule has 1 amide bonds. The first kappa shape index (κ1) is 24.7. The van der Waals surface area contributed by atoms with Gasteiger partial charge >= 0.3 is 23.9 Å². The van der Waals surface area contributed by atoms with Crippen LogP contribution in [0.5, 0.6) is 0 Å². The lowest BCUT2D eigenvalue weighted by Crippen LogP contribution is -2.44. The highest BCUT2D eigenvalue weighted by Crippen LogP contribution is 2.12. The summed E-state index contributed by atoms with van der Waals surface area (Å²) in [6, 6.07) is 7.93. The second-order valence-corrected chi connectivity index (χ2v) is 7.92. The van der Waals surface area contributed by atoms with Gasteiger partial charge in [0.2, 0.25) is 0 Å². The average Bonchev–Trinajstić information content (AvgIpc) is 3.04. The number of benzene rings is 1. The summed E-state index contributed by atoms with van der Waals surface area (Å²) in [6.07, 6.45) is -1.08. The Labute approximate surface area is 184 Å². The van der Waals surface area contributed by atoms with Crippen molar-refractivity contribution < 1.29 is 37.4 Å². The van der Waals surface area contributed by atoms with Crippen molar-refractivity contribution in [1.82, 2.24) is 5.32 Å². The number of carbonyl (C=O) groups excluding carboxylic acids is 3. The van der Waals surface area contributed by atoms with Gasteiger partial charge in [0.15, 0.2) is 18.1 Å². The molecule has 0 aliphatic heterocycles. The standard InChI is InChI=1S/C22H27NO9/c1-14-17(31-21(27)30-14)13-29-19(25)16(23-20(26)32-22(2,3)4)10-11-18(24)28-12-15-8-6-5-7-9-15/h5-9,16H,10-13H2,1-4H3,(H,23,26)/t16-/m0/s1. The van der Waals surface area contributed by atoms with E-state index in [4.69, 9.17) is 23.0 Å². The van der Waals surface area contributed by atoms with Crippen LogP contribution in [0.15, 0.2) is 44.0 Å². The molecule has 0 bridgehead atoms. The summed E-state index contributed by atoms with van der Waals surface area (Å²) in [7, 11) is 0. The van der Waals surface area contributed by atoms with Crippen LogP contribution < -0.4 is 11.1 Å². The van der Waals surface area contributed by atoms with Crippen molar-refractivity contribution in [1.29, 1.82) is 0 Å². The third-order valence-electron chi connectivity index (χ3n) is 4.04. The molecular formula is C22H27NO9. The van der Waals surface area contributed by atoms with Crippen molar-refractivity contribution in [2.75, 3.05) is 0 Å². The number of alkyl carbamates (subject to hydrolysis) is 1. The molecule has 0 radical (unpaired) electrons.